The van der Waals surface area contributed by atoms with Gasteiger partial charge in [0, 0.05) is 41.6 Å². The second-order valence-corrected chi connectivity index (χ2v) is 7.63. The highest BCUT2D eigenvalue weighted by molar-refractivity contribution is 7.99. The molecule has 1 saturated heterocycles. The average molecular weight is 434 g/mol. The largest absolute Gasteiger partial charge is 0.334 e. The second kappa shape index (κ2) is 9.36. The Hall–Kier alpha value is -2.46. The normalized spacial score (nSPS) is 16.9. The first kappa shape index (κ1) is 21.3. The van der Waals surface area contributed by atoms with Gasteiger partial charge in [-0.3, -0.25) is 15.0 Å². The van der Waals surface area contributed by atoms with E-state index in [1.54, 1.807) is 6.07 Å². The van der Waals surface area contributed by atoms with E-state index in [9.17, 15) is 10.1 Å². The number of nitrogens with zero attached hydrogens (tertiary/aromatic N) is 4. The van der Waals surface area contributed by atoms with Gasteiger partial charge in [0.05, 0.1) is 16.5 Å². The Morgan fingerprint density at radius 2 is 2.07 bits per heavy atom. The summed E-state index contributed by atoms with van der Waals surface area (Å²) in [4.78, 5) is 19.4. The van der Waals surface area contributed by atoms with Gasteiger partial charge in [0.25, 0.3) is 11.6 Å². The summed E-state index contributed by atoms with van der Waals surface area (Å²) in [5, 5.41) is 18.7. The van der Waals surface area contributed by atoms with Gasteiger partial charge in [-0.25, -0.2) is 0 Å². The van der Waals surface area contributed by atoms with E-state index in [1.807, 2.05) is 37.4 Å². The molecule has 0 bridgehead atoms. The van der Waals surface area contributed by atoms with Crippen LogP contribution in [-0.2, 0) is 0 Å². The first-order valence-electron chi connectivity index (χ1n) is 8.88. The van der Waals surface area contributed by atoms with Crippen LogP contribution in [0.15, 0.2) is 62.8 Å². The monoisotopic (exact) mass is 433 g/mol. The number of piperazine rings is 1. The molecule has 0 radical (unpaired) electrons. The van der Waals surface area contributed by atoms with E-state index in [4.69, 9.17) is 4.52 Å². The Balaban J connectivity index is 0.00000240. The van der Waals surface area contributed by atoms with Crippen molar-refractivity contribution in [3.8, 4) is 11.5 Å². The summed E-state index contributed by atoms with van der Waals surface area (Å²) in [5.74, 6) is 0.864. The van der Waals surface area contributed by atoms with Crippen LogP contribution >= 0.6 is 24.2 Å². The summed E-state index contributed by atoms with van der Waals surface area (Å²) in [5.41, 5.74) is 0.553. The van der Waals surface area contributed by atoms with Crippen LogP contribution in [0.4, 0.5) is 5.69 Å². The maximum atomic E-state index is 11.3. The molecule has 2 heterocycles. The highest BCUT2D eigenvalue weighted by atomic mass is 35.5. The molecule has 1 aliphatic heterocycles. The van der Waals surface area contributed by atoms with Gasteiger partial charge in [-0.15, -0.1) is 12.4 Å². The molecule has 3 aromatic rings. The molecule has 1 aliphatic rings. The smallest absolute Gasteiger partial charge is 0.270 e. The molecule has 4 rings (SSSR count). The fourth-order valence-electron chi connectivity index (χ4n) is 3.08. The van der Waals surface area contributed by atoms with E-state index in [0.29, 0.717) is 11.4 Å². The van der Waals surface area contributed by atoms with Gasteiger partial charge < -0.3 is 9.84 Å². The van der Waals surface area contributed by atoms with E-state index < -0.39 is 4.92 Å². The average Bonchev–Trinajstić information content (AvgIpc) is 3.19. The molecule has 2 aromatic carbocycles. The first-order valence-corrected chi connectivity index (χ1v) is 9.70. The lowest BCUT2D eigenvalue weighted by molar-refractivity contribution is -0.384. The first-order chi connectivity index (χ1) is 13.6. The topological polar surface area (TPSA) is 97.3 Å². The summed E-state index contributed by atoms with van der Waals surface area (Å²) < 4.78 is 5.51. The lowest BCUT2D eigenvalue weighted by atomic mass is 10.2. The van der Waals surface area contributed by atoms with Gasteiger partial charge in [-0.1, -0.05) is 35.1 Å². The van der Waals surface area contributed by atoms with Crippen LogP contribution in [-0.4, -0.2) is 46.6 Å². The number of non-ortho nitro benzene ring substituents is 1. The maximum Gasteiger partial charge on any atom is 0.270 e. The third-order valence-corrected chi connectivity index (χ3v) is 5.71. The fraction of sp³-hybridized carbons (Fsp3) is 0.263. The predicted octanol–water partition coefficient (Wildman–Crippen LogP) is 3.79. The SMILES string of the molecule is CN1CCNCC1c1noc(-c2cc([N+](=O)[O-])ccc2Sc2ccccc2)n1.Cl. The number of nitrogens with one attached hydrogen (secondary N) is 1. The summed E-state index contributed by atoms with van der Waals surface area (Å²) in [7, 11) is 2.02. The molecule has 29 heavy (non-hydrogen) atoms. The van der Waals surface area contributed by atoms with Gasteiger partial charge in [0.2, 0.25) is 0 Å². The van der Waals surface area contributed by atoms with E-state index >= 15 is 0 Å². The molecule has 1 unspecified atom stereocenters. The van der Waals surface area contributed by atoms with Crippen LogP contribution in [0.2, 0.25) is 0 Å². The number of benzene rings is 2. The van der Waals surface area contributed by atoms with Crippen molar-refractivity contribution < 1.29 is 9.45 Å². The predicted molar refractivity (Wildman–Crippen MR) is 112 cm³/mol. The number of nitro groups is 1. The number of halogens is 1. The highest BCUT2D eigenvalue weighted by Gasteiger charge is 2.26. The van der Waals surface area contributed by atoms with E-state index in [1.165, 1.54) is 23.9 Å². The van der Waals surface area contributed by atoms with Crippen molar-refractivity contribution in [2.24, 2.45) is 0 Å². The Labute approximate surface area is 178 Å². The van der Waals surface area contributed by atoms with Crippen LogP contribution < -0.4 is 5.32 Å². The van der Waals surface area contributed by atoms with Crippen molar-refractivity contribution in [2.75, 3.05) is 26.7 Å². The van der Waals surface area contributed by atoms with Gasteiger partial charge in [0.1, 0.15) is 0 Å². The molecule has 0 spiro atoms. The van der Waals surface area contributed by atoms with Crippen LogP contribution in [0.5, 0.6) is 0 Å². The molecule has 1 fully saturated rings. The quantitative estimate of drug-likeness (QED) is 0.479. The number of hydrogen-bond acceptors (Lipinski definition) is 8. The zero-order chi connectivity index (χ0) is 19.5. The lowest BCUT2D eigenvalue weighted by Crippen LogP contribution is -2.44. The lowest BCUT2D eigenvalue weighted by Gasteiger charge is -2.30. The van der Waals surface area contributed by atoms with Crippen LogP contribution in [0.25, 0.3) is 11.5 Å². The zero-order valence-electron chi connectivity index (χ0n) is 15.6. The molecule has 152 valence electrons. The van der Waals surface area contributed by atoms with E-state index in [2.05, 4.69) is 20.4 Å². The fourth-order valence-corrected chi connectivity index (χ4v) is 4.02. The van der Waals surface area contributed by atoms with E-state index in [0.717, 1.165) is 29.4 Å². The summed E-state index contributed by atoms with van der Waals surface area (Å²) >= 11 is 1.50. The summed E-state index contributed by atoms with van der Waals surface area (Å²) in [6.45, 7) is 2.54. The molecule has 8 nitrogen and oxygen atoms in total. The Kier molecular flexibility index (Phi) is 6.86. The molecule has 0 saturated carbocycles. The third kappa shape index (κ3) is 4.76. The van der Waals surface area contributed by atoms with Crippen LogP contribution in [0.3, 0.4) is 0 Å². The van der Waals surface area contributed by atoms with Crippen molar-refractivity contribution in [2.45, 2.75) is 15.8 Å². The Bertz CT molecular complexity index is 985. The summed E-state index contributed by atoms with van der Waals surface area (Å²) in [6.07, 6.45) is 0. The van der Waals surface area contributed by atoms with Crippen molar-refractivity contribution in [3.05, 3.63) is 64.5 Å². The Morgan fingerprint density at radius 1 is 1.28 bits per heavy atom. The maximum absolute atomic E-state index is 11.3. The number of likely N-dealkylation sites (N-methyl/N-ethyl adjacent to an activating group) is 1. The second-order valence-electron chi connectivity index (χ2n) is 6.51. The summed E-state index contributed by atoms with van der Waals surface area (Å²) in [6, 6.07) is 14.5. The minimum Gasteiger partial charge on any atom is -0.334 e. The number of rotatable bonds is 5. The molecule has 0 amide bonds. The highest BCUT2D eigenvalue weighted by Crippen LogP contribution is 2.37. The molecular weight excluding hydrogens is 414 g/mol. The number of aromatic nitrogens is 2. The molecule has 1 atom stereocenters. The minimum absolute atomic E-state index is 0. The third-order valence-electron chi connectivity index (χ3n) is 4.63. The Morgan fingerprint density at radius 3 is 2.79 bits per heavy atom. The molecule has 0 aliphatic carbocycles. The van der Waals surface area contributed by atoms with Crippen LogP contribution in [0, 0.1) is 10.1 Å². The van der Waals surface area contributed by atoms with Crippen molar-refractivity contribution in [1.29, 1.82) is 0 Å². The van der Waals surface area contributed by atoms with Gasteiger partial charge in [0.15, 0.2) is 5.82 Å². The standard InChI is InChI=1S/C19H19N5O3S.ClH/c1-23-10-9-20-12-16(23)18-21-19(27-22-18)15-11-13(24(25)26)7-8-17(15)28-14-5-3-2-4-6-14;/h2-8,11,16,20H,9-10,12H2,1H3;1H. The molecule has 1 N–H and O–H groups in total. The number of hydrogen-bond donors (Lipinski definition) is 1. The minimum atomic E-state index is -0.420. The van der Waals surface area contributed by atoms with Crippen molar-refractivity contribution in [3.63, 3.8) is 0 Å². The van der Waals surface area contributed by atoms with Crippen molar-refractivity contribution in [1.82, 2.24) is 20.4 Å². The molecule has 10 heteroatoms. The van der Waals surface area contributed by atoms with Gasteiger partial charge in [-0.05, 0) is 25.2 Å². The van der Waals surface area contributed by atoms with Gasteiger partial charge in [-0.2, -0.15) is 4.98 Å². The van der Waals surface area contributed by atoms with Crippen LogP contribution in [0.1, 0.15) is 11.9 Å². The van der Waals surface area contributed by atoms with Gasteiger partial charge >= 0.3 is 0 Å². The molecular formula is C19H20ClN5O3S. The number of nitro benzene ring substituents is 1. The van der Waals surface area contributed by atoms with E-state index in [-0.39, 0.29) is 30.0 Å². The molecule has 1 aromatic heterocycles. The van der Waals surface area contributed by atoms with Crippen molar-refractivity contribution >= 4 is 29.9 Å². The zero-order valence-corrected chi connectivity index (χ0v) is 17.3.